The summed E-state index contributed by atoms with van der Waals surface area (Å²) in [4.78, 5) is 2.35. The zero-order valence-electron chi connectivity index (χ0n) is 10.8. The molecule has 0 amide bonds. The summed E-state index contributed by atoms with van der Waals surface area (Å²) in [5, 5.41) is 0. The van der Waals surface area contributed by atoms with Crippen LogP contribution in [0.2, 0.25) is 0 Å². The molecule has 1 fully saturated rings. The molecule has 2 rings (SSSR count). The van der Waals surface area contributed by atoms with E-state index in [1.807, 2.05) is 6.07 Å². The lowest BCUT2D eigenvalue weighted by molar-refractivity contribution is -0.0110. The van der Waals surface area contributed by atoms with Crippen molar-refractivity contribution < 1.29 is 9.13 Å². The molecule has 1 aliphatic rings. The minimum Gasteiger partial charge on any atom is -0.378 e. The molecule has 0 aliphatic carbocycles. The van der Waals surface area contributed by atoms with Crippen LogP contribution in [0.1, 0.15) is 24.9 Å². The van der Waals surface area contributed by atoms with E-state index in [4.69, 9.17) is 10.5 Å². The third kappa shape index (κ3) is 3.28. The predicted octanol–water partition coefficient (Wildman–Crippen LogP) is 1.94. The van der Waals surface area contributed by atoms with Crippen LogP contribution >= 0.6 is 0 Å². The number of rotatable bonds is 4. The third-order valence-electron chi connectivity index (χ3n) is 3.53. The highest BCUT2D eigenvalue weighted by atomic mass is 19.1. The number of benzene rings is 1. The Labute approximate surface area is 108 Å². The number of nitrogens with zero attached hydrogens (tertiary/aromatic N) is 1. The van der Waals surface area contributed by atoms with Crippen molar-refractivity contribution >= 4 is 0 Å². The lowest BCUT2D eigenvalue weighted by Crippen LogP contribution is -2.47. The molecule has 0 radical (unpaired) electrons. The second kappa shape index (κ2) is 6.27. The van der Waals surface area contributed by atoms with Crippen LogP contribution in [0.5, 0.6) is 0 Å². The number of hydrogen-bond donors (Lipinski definition) is 1. The van der Waals surface area contributed by atoms with Crippen molar-refractivity contribution in [1.82, 2.24) is 4.90 Å². The lowest BCUT2D eigenvalue weighted by Gasteiger charge is -2.36. The van der Waals surface area contributed by atoms with Crippen LogP contribution < -0.4 is 5.73 Å². The Morgan fingerprint density at radius 1 is 1.56 bits per heavy atom. The first-order chi connectivity index (χ1) is 8.70. The Morgan fingerprint density at radius 2 is 2.39 bits per heavy atom. The molecule has 2 N–H and O–H groups in total. The SMILES string of the molecule is CCC1COCCN1CC(N)c1cccc(F)c1. The first kappa shape index (κ1) is 13.5. The third-order valence-corrected chi connectivity index (χ3v) is 3.53. The summed E-state index contributed by atoms with van der Waals surface area (Å²) >= 11 is 0. The van der Waals surface area contributed by atoms with Gasteiger partial charge in [0.1, 0.15) is 5.82 Å². The van der Waals surface area contributed by atoms with Gasteiger partial charge in [0.25, 0.3) is 0 Å². The zero-order valence-corrected chi connectivity index (χ0v) is 10.8. The predicted molar refractivity (Wildman–Crippen MR) is 69.8 cm³/mol. The molecule has 1 aromatic carbocycles. The first-order valence-corrected chi connectivity index (χ1v) is 6.53. The molecule has 2 atom stereocenters. The average Bonchev–Trinajstić information content (AvgIpc) is 2.39. The molecule has 0 spiro atoms. The number of ether oxygens (including phenoxy) is 1. The number of hydrogen-bond acceptors (Lipinski definition) is 3. The number of halogens is 1. The molecule has 0 saturated carbocycles. The smallest absolute Gasteiger partial charge is 0.123 e. The Balaban J connectivity index is 1.99. The minimum atomic E-state index is -0.225. The maximum Gasteiger partial charge on any atom is 0.123 e. The van der Waals surface area contributed by atoms with Gasteiger partial charge in [0.2, 0.25) is 0 Å². The van der Waals surface area contributed by atoms with Crippen molar-refractivity contribution in [2.45, 2.75) is 25.4 Å². The van der Waals surface area contributed by atoms with Crippen LogP contribution in [0.15, 0.2) is 24.3 Å². The highest BCUT2D eigenvalue weighted by Crippen LogP contribution is 2.17. The molecule has 1 heterocycles. The van der Waals surface area contributed by atoms with Crippen molar-refractivity contribution in [2.75, 3.05) is 26.3 Å². The minimum absolute atomic E-state index is 0.146. The van der Waals surface area contributed by atoms with Crippen LogP contribution in [0.25, 0.3) is 0 Å². The van der Waals surface area contributed by atoms with E-state index in [0.29, 0.717) is 6.04 Å². The Morgan fingerprint density at radius 3 is 3.11 bits per heavy atom. The molecular weight excluding hydrogens is 231 g/mol. The Hall–Kier alpha value is -0.970. The maximum absolute atomic E-state index is 13.2. The highest BCUT2D eigenvalue weighted by molar-refractivity contribution is 5.20. The lowest BCUT2D eigenvalue weighted by atomic mass is 10.1. The summed E-state index contributed by atoms with van der Waals surface area (Å²) in [6, 6.07) is 6.84. The molecule has 0 aromatic heterocycles. The van der Waals surface area contributed by atoms with Crippen LogP contribution in [0.4, 0.5) is 4.39 Å². The first-order valence-electron chi connectivity index (χ1n) is 6.53. The molecule has 3 nitrogen and oxygen atoms in total. The standard InChI is InChI=1S/C14H21FN2O/c1-2-13-10-18-7-6-17(13)9-14(16)11-4-3-5-12(15)8-11/h3-5,8,13-14H,2,6-7,9-10,16H2,1H3. The van der Waals surface area contributed by atoms with E-state index >= 15 is 0 Å². The van der Waals surface area contributed by atoms with E-state index in [9.17, 15) is 4.39 Å². The van der Waals surface area contributed by atoms with Crippen molar-refractivity contribution in [2.24, 2.45) is 5.73 Å². The number of morpholine rings is 1. The molecule has 1 aliphatic heterocycles. The van der Waals surface area contributed by atoms with Gasteiger partial charge in [0.05, 0.1) is 13.2 Å². The Bertz CT molecular complexity index is 386. The molecule has 18 heavy (non-hydrogen) atoms. The normalized spacial score (nSPS) is 22.9. The summed E-state index contributed by atoms with van der Waals surface area (Å²) in [7, 11) is 0. The fourth-order valence-electron chi connectivity index (χ4n) is 2.40. The quantitative estimate of drug-likeness (QED) is 0.890. The van der Waals surface area contributed by atoms with Crippen molar-refractivity contribution in [3.05, 3.63) is 35.6 Å². The fraction of sp³-hybridized carbons (Fsp3) is 0.571. The van der Waals surface area contributed by atoms with Gasteiger partial charge in [0, 0.05) is 25.2 Å². The van der Waals surface area contributed by atoms with Gasteiger partial charge in [-0.15, -0.1) is 0 Å². The molecule has 100 valence electrons. The van der Waals surface area contributed by atoms with Crippen LogP contribution in [0, 0.1) is 5.82 Å². The average molecular weight is 252 g/mol. The van der Waals surface area contributed by atoms with Gasteiger partial charge >= 0.3 is 0 Å². The van der Waals surface area contributed by atoms with E-state index in [-0.39, 0.29) is 11.9 Å². The summed E-state index contributed by atoms with van der Waals surface area (Å²) in [5.41, 5.74) is 7.02. The summed E-state index contributed by atoms with van der Waals surface area (Å²) in [6.07, 6.45) is 1.05. The summed E-state index contributed by atoms with van der Waals surface area (Å²) < 4.78 is 18.6. The van der Waals surface area contributed by atoms with E-state index in [1.54, 1.807) is 6.07 Å². The van der Waals surface area contributed by atoms with Crippen molar-refractivity contribution in [3.63, 3.8) is 0 Å². The van der Waals surface area contributed by atoms with Gasteiger partial charge in [-0.1, -0.05) is 19.1 Å². The van der Waals surface area contributed by atoms with Gasteiger partial charge in [-0.05, 0) is 24.1 Å². The van der Waals surface area contributed by atoms with Crippen LogP contribution in [-0.4, -0.2) is 37.2 Å². The molecular formula is C14H21FN2O. The number of nitrogens with two attached hydrogens (primary N) is 1. The summed E-state index contributed by atoms with van der Waals surface area (Å²) in [6.45, 7) is 5.34. The van der Waals surface area contributed by atoms with Crippen LogP contribution in [0.3, 0.4) is 0 Å². The van der Waals surface area contributed by atoms with E-state index in [2.05, 4.69) is 11.8 Å². The second-order valence-electron chi connectivity index (χ2n) is 4.79. The van der Waals surface area contributed by atoms with Gasteiger partial charge in [0.15, 0.2) is 0 Å². The van der Waals surface area contributed by atoms with Gasteiger partial charge in [-0.25, -0.2) is 4.39 Å². The molecule has 0 bridgehead atoms. The van der Waals surface area contributed by atoms with Gasteiger partial charge in [-0.3, -0.25) is 4.90 Å². The summed E-state index contributed by atoms with van der Waals surface area (Å²) in [5.74, 6) is -0.225. The monoisotopic (exact) mass is 252 g/mol. The van der Waals surface area contributed by atoms with E-state index < -0.39 is 0 Å². The molecule has 1 aromatic rings. The topological polar surface area (TPSA) is 38.5 Å². The van der Waals surface area contributed by atoms with Crippen molar-refractivity contribution in [3.8, 4) is 0 Å². The second-order valence-corrected chi connectivity index (χ2v) is 4.79. The van der Waals surface area contributed by atoms with E-state index in [0.717, 1.165) is 38.3 Å². The maximum atomic E-state index is 13.2. The van der Waals surface area contributed by atoms with Gasteiger partial charge in [-0.2, -0.15) is 0 Å². The zero-order chi connectivity index (χ0) is 13.0. The fourth-order valence-corrected chi connectivity index (χ4v) is 2.40. The molecule has 2 unspecified atom stereocenters. The molecule has 1 saturated heterocycles. The highest BCUT2D eigenvalue weighted by Gasteiger charge is 2.23. The van der Waals surface area contributed by atoms with Gasteiger partial charge < -0.3 is 10.5 Å². The van der Waals surface area contributed by atoms with Crippen molar-refractivity contribution in [1.29, 1.82) is 0 Å². The Kier molecular flexibility index (Phi) is 4.69. The van der Waals surface area contributed by atoms with E-state index in [1.165, 1.54) is 12.1 Å². The molecule has 4 heteroatoms. The van der Waals surface area contributed by atoms with Crippen LogP contribution in [-0.2, 0) is 4.74 Å². The largest absolute Gasteiger partial charge is 0.378 e.